The van der Waals surface area contributed by atoms with Gasteiger partial charge in [-0.2, -0.15) is 13.8 Å². The van der Waals surface area contributed by atoms with E-state index in [2.05, 4.69) is 4.98 Å². The Labute approximate surface area is 101 Å². The van der Waals surface area contributed by atoms with E-state index in [0.717, 1.165) is 6.20 Å². The SMILES string of the molecule is CCC1OC(n2ccc(N)nc2=O)C(F)(F)[C@H]1O. The second-order valence-electron chi connectivity index (χ2n) is 4.10. The summed E-state index contributed by atoms with van der Waals surface area (Å²) in [6.07, 6.45) is -3.54. The van der Waals surface area contributed by atoms with Gasteiger partial charge >= 0.3 is 11.6 Å². The summed E-state index contributed by atoms with van der Waals surface area (Å²) in [4.78, 5) is 14.8. The molecule has 0 spiro atoms. The molecule has 0 radical (unpaired) electrons. The minimum Gasteiger partial charge on any atom is -0.384 e. The lowest BCUT2D eigenvalue weighted by Gasteiger charge is -2.20. The summed E-state index contributed by atoms with van der Waals surface area (Å²) >= 11 is 0. The molecule has 1 fully saturated rings. The number of nitrogen functional groups attached to an aromatic ring is 1. The van der Waals surface area contributed by atoms with Crippen LogP contribution in [0.4, 0.5) is 14.6 Å². The number of hydrogen-bond acceptors (Lipinski definition) is 5. The second-order valence-corrected chi connectivity index (χ2v) is 4.10. The quantitative estimate of drug-likeness (QED) is 0.789. The van der Waals surface area contributed by atoms with Crippen LogP contribution < -0.4 is 11.4 Å². The monoisotopic (exact) mass is 261 g/mol. The molecule has 1 aromatic rings. The maximum absolute atomic E-state index is 13.8. The first-order valence-corrected chi connectivity index (χ1v) is 5.44. The molecule has 18 heavy (non-hydrogen) atoms. The first kappa shape index (κ1) is 12.9. The van der Waals surface area contributed by atoms with Crippen LogP contribution in [0.5, 0.6) is 0 Å². The fourth-order valence-electron chi connectivity index (χ4n) is 1.90. The number of aliphatic hydroxyl groups is 1. The fraction of sp³-hybridized carbons (Fsp3) is 0.600. The molecule has 0 amide bonds. The third-order valence-corrected chi connectivity index (χ3v) is 2.89. The highest BCUT2D eigenvalue weighted by Gasteiger charge is 2.59. The van der Waals surface area contributed by atoms with E-state index in [1.54, 1.807) is 6.92 Å². The van der Waals surface area contributed by atoms with Crippen LogP contribution in [0.25, 0.3) is 0 Å². The Morgan fingerprint density at radius 3 is 2.83 bits per heavy atom. The molecule has 0 aliphatic carbocycles. The fourth-order valence-corrected chi connectivity index (χ4v) is 1.90. The zero-order valence-corrected chi connectivity index (χ0v) is 9.59. The van der Waals surface area contributed by atoms with Crippen molar-refractivity contribution in [1.29, 1.82) is 0 Å². The summed E-state index contributed by atoms with van der Waals surface area (Å²) in [6.45, 7) is 1.61. The number of alkyl halides is 2. The lowest BCUT2D eigenvalue weighted by atomic mass is 10.1. The summed E-state index contributed by atoms with van der Waals surface area (Å²) in [7, 11) is 0. The van der Waals surface area contributed by atoms with E-state index in [4.69, 9.17) is 10.5 Å². The number of ether oxygens (including phenoxy) is 1. The zero-order valence-electron chi connectivity index (χ0n) is 9.59. The molecule has 2 unspecified atom stereocenters. The highest BCUT2D eigenvalue weighted by molar-refractivity contribution is 5.23. The molecule has 2 rings (SSSR count). The van der Waals surface area contributed by atoms with Crippen molar-refractivity contribution in [3.63, 3.8) is 0 Å². The summed E-state index contributed by atoms with van der Waals surface area (Å²) in [5.74, 6) is -3.62. The molecule has 1 aromatic heterocycles. The molecule has 8 heteroatoms. The van der Waals surface area contributed by atoms with Gasteiger partial charge in [-0.3, -0.25) is 4.57 Å². The van der Waals surface area contributed by atoms with Gasteiger partial charge < -0.3 is 15.6 Å². The normalized spacial score (nSPS) is 30.6. The first-order valence-electron chi connectivity index (χ1n) is 5.44. The van der Waals surface area contributed by atoms with Gasteiger partial charge in [-0.25, -0.2) is 4.79 Å². The molecule has 0 aromatic carbocycles. The summed E-state index contributed by atoms with van der Waals surface area (Å²) in [5.41, 5.74) is 4.33. The lowest BCUT2D eigenvalue weighted by Crippen LogP contribution is -2.41. The molecular formula is C10H13F2N3O3. The largest absolute Gasteiger partial charge is 0.384 e. The number of aliphatic hydroxyl groups excluding tert-OH is 1. The Bertz CT molecular complexity index is 505. The Balaban J connectivity index is 2.42. The number of aromatic nitrogens is 2. The maximum Gasteiger partial charge on any atom is 0.351 e. The topological polar surface area (TPSA) is 90.4 Å². The Morgan fingerprint density at radius 1 is 1.67 bits per heavy atom. The van der Waals surface area contributed by atoms with Crippen molar-refractivity contribution in [2.45, 2.75) is 37.7 Å². The zero-order chi connectivity index (χ0) is 13.5. The van der Waals surface area contributed by atoms with E-state index < -0.39 is 30.0 Å². The van der Waals surface area contributed by atoms with Crippen molar-refractivity contribution in [2.24, 2.45) is 0 Å². The molecule has 1 saturated heterocycles. The van der Waals surface area contributed by atoms with E-state index in [-0.39, 0.29) is 12.2 Å². The van der Waals surface area contributed by atoms with Crippen molar-refractivity contribution in [3.8, 4) is 0 Å². The van der Waals surface area contributed by atoms with E-state index in [1.165, 1.54) is 6.07 Å². The molecular weight excluding hydrogens is 248 g/mol. The van der Waals surface area contributed by atoms with Crippen LogP contribution in [-0.4, -0.2) is 32.8 Å². The van der Waals surface area contributed by atoms with Gasteiger partial charge in [0, 0.05) is 6.20 Å². The molecule has 2 heterocycles. The molecule has 3 atom stereocenters. The standard InChI is InChI=1S/C10H13F2N3O3/c1-2-5-7(16)10(11,12)8(18-5)15-4-3-6(13)14-9(15)17/h3-5,7-8,16H,2H2,1H3,(H2,13,14,17)/t5?,7-,8?/m0/s1. The maximum atomic E-state index is 13.8. The van der Waals surface area contributed by atoms with E-state index in [9.17, 15) is 18.7 Å². The molecule has 1 aliphatic rings. The van der Waals surface area contributed by atoms with Crippen LogP contribution in [0.1, 0.15) is 19.6 Å². The van der Waals surface area contributed by atoms with Crippen LogP contribution >= 0.6 is 0 Å². The number of nitrogens with two attached hydrogens (primary N) is 1. The molecule has 6 nitrogen and oxygen atoms in total. The highest BCUT2D eigenvalue weighted by Crippen LogP contribution is 2.42. The minimum absolute atomic E-state index is 0.0647. The second kappa shape index (κ2) is 4.29. The van der Waals surface area contributed by atoms with Crippen molar-refractivity contribution in [3.05, 3.63) is 22.7 Å². The van der Waals surface area contributed by atoms with Gasteiger partial charge in [-0.1, -0.05) is 6.92 Å². The van der Waals surface area contributed by atoms with Crippen LogP contribution in [0.3, 0.4) is 0 Å². The van der Waals surface area contributed by atoms with Gasteiger partial charge in [0.15, 0.2) is 0 Å². The molecule has 100 valence electrons. The van der Waals surface area contributed by atoms with Gasteiger partial charge in [0.2, 0.25) is 6.23 Å². The van der Waals surface area contributed by atoms with Gasteiger partial charge in [0.25, 0.3) is 0 Å². The number of rotatable bonds is 2. The molecule has 1 aliphatic heterocycles. The Hall–Kier alpha value is -1.54. The first-order chi connectivity index (χ1) is 8.37. The molecule has 0 bridgehead atoms. The van der Waals surface area contributed by atoms with Crippen LogP contribution in [0.15, 0.2) is 17.1 Å². The van der Waals surface area contributed by atoms with Gasteiger partial charge in [0.1, 0.15) is 11.9 Å². The van der Waals surface area contributed by atoms with Gasteiger partial charge in [0.05, 0.1) is 6.10 Å². The van der Waals surface area contributed by atoms with Crippen LogP contribution in [-0.2, 0) is 4.74 Å². The molecule has 3 N–H and O–H groups in total. The number of nitrogens with zero attached hydrogens (tertiary/aromatic N) is 2. The van der Waals surface area contributed by atoms with Crippen molar-refractivity contribution in [2.75, 3.05) is 5.73 Å². The van der Waals surface area contributed by atoms with E-state index in [0.29, 0.717) is 4.57 Å². The number of hydrogen-bond donors (Lipinski definition) is 2. The van der Waals surface area contributed by atoms with E-state index >= 15 is 0 Å². The highest BCUT2D eigenvalue weighted by atomic mass is 19.3. The average Bonchev–Trinajstić information content (AvgIpc) is 2.52. The summed E-state index contributed by atoms with van der Waals surface area (Å²) < 4.78 is 33.3. The predicted octanol–water partition coefficient (Wildman–Crippen LogP) is 0.129. The summed E-state index contributed by atoms with van der Waals surface area (Å²) in [5, 5.41) is 9.46. The number of halogens is 2. The smallest absolute Gasteiger partial charge is 0.351 e. The average molecular weight is 261 g/mol. The van der Waals surface area contributed by atoms with Crippen molar-refractivity contribution < 1.29 is 18.6 Å². The third kappa shape index (κ3) is 1.87. The molecule has 0 saturated carbocycles. The van der Waals surface area contributed by atoms with Crippen LogP contribution in [0.2, 0.25) is 0 Å². The van der Waals surface area contributed by atoms with Gasteiger partial charge in [-0.15, -0.1) is 0 Å². The van der Waals surface area contributed by atoms with Crippen molar-refractivity contribution >= 4 is 5.82 Å². The van der Waals surface area contributed by atoms with Gasteiger partial charge in [-0.05, 0) is 12.5 Å². The Kier molecular flexibility index (Phi) is 3.07. The Morgan fingerprint density at radius 2 is 2.33 bits per heavy atom. The van der Waals surface area contributed by atoms with Crippen molar-refractivity contribution in [1.82, 2.24) is 9.55 Å². The predicted molar refractivity (Wildman–Crippen MR) is 58.1 cm³/mol. The van der Waals surface area contributed by atoms with E-state index in [1.807, 2.05) is 0 Å². The van der Waals surface area contributed by atoms with Crippen LogP contribution in [0, 0.1) is 0 Å². The lowest BCUT2D eigenvalue weighted by molar-refractivity contribution is -0.140. The third-order valence-electron chi connectivity index (χ3n) is 2.89. The number of anilines is 1. The minimum atomic E-state index is -3.55. The summed E-state index contributed by atoms with van der Waals surface area (Å²) in [6, 6.07) is 1.21.